The molecular formula is C6H7N2S. The molecule has 1 heterocycles. The molecule has 0 spiro atoms. The summed E-state index contributed by atoms with van der Waals surface area (Å²) in [5, 5.41) is 0. The minimum Gasteiger partial charge on any atom is -0.296 e. The Morgan fingerprint density at radius 1 is 1.67 bits per heavy atom. The van der Waals surface area contributed by atoms with E-state index in [1.165, 1.54) is 22.6 Å². The van der Waals surface area contributed by atoms with Crippen LogP contribution in [0.25, 0.3) is 0 Å². The molecule has 0 unspecified atom stereocenters. The van der Waals surface area contributed by atoms with E-state index in [2.05, 4.69) is 22.4 Å². The van der Waals surface area contributed by atoms with Crippen LogP contribution in [0.5, 0.6) is 0 Å². The number of rotatable bonds is 0. The predicted molar refractivity (Wildman–Crippen MR) is 38.3 cm³/mol. The van der Waals surface area contributed by atoms with Gasteiger partial charge >= 0.3 is 0 Å². The lowest BCUT2D eigenvalue weighted by Crippen LogP contribution is -2.12. The fourth-order valence-corrected chi connectivity index (χ4v) is 1.63. The first-order valence-corrected chi connectivity index (χ1v) is 3.77. The third-order valence-electron chi connectivity index (χ3n) is 1.45. The van der Waals surface area contributed by atoms with Crippen LogP contribution in [-0.4, -0.2) is 0 Å². The van der Waals surface area contributed by atoms with Crippen LogP contribution in [-0.2, 0) is 0 Å². The summed E-state index contributed by atoms with van der Waals surface area (Å²) in [7, 11) is 0. The van der Waals surface area contributed by atoms with Gasteiger partial charge in [0, 0.05) is 22.6 Å². The number of nitrogens with one attached hydrogen (secondary N) is 1. The zero-order chi connectivity index (χ0) is 6.10. The van der Waals surface area contributed by atoms with E-state index >= 15 is 0 Å². The number of nitrogens with zero attached hydrogens (tertiary/aromatic N) is 1. The third kappa shape index (κ3) is 0.862. The van der Waals surface area contributed by atoms with Gasteiger partial charge in [0.1, 0.15) is 0 Å². The fraction of sp³-hybridized carbons (Fsp3) is 0.333. The number of hydrogen-bond donors (Lipinski definition) is 1. The van der Waals surface area contributed by atoms with Crippen LogP contribution in [0, 0.1) is 0 Å². The molecule has 0 fully saturated rings. The van der Waals surface area contributed by atoms with Crippen molar-refractivity contribution in [2.75, 3.05) is 0 Å². The SMILES string of the molecule is C1=CC2=C(CC1)N[N]S2. The smallest absolute Gasteiger partial charge is 0.0464 e. The van der Waals surface area contributed by atoms with Gasteiger partial charge in [0.05, 0.1) is 0 Å². The molecule has 0 atom stereocenters. The average molecular weight is 139 g/mol. The number of hydrogen-bond acceptors (Lipinski definition) is 2. The molecule has 2 rings (SSSR count). The van der Waals surface area contributed by atoms with Crippen LogP contribution in [0.4, 0.5) is 0 Å². The highest BCUT2D eigenvalue weighted by Crippen LogP contribution is 2.28. The van der Waals surface area contributed by atoms with Crippen molar-refractivity contribution in [3.05, 3.63) is 22.8 Å². The first kappa shape index (κ1) is 5.38. The molecule has 0 amide bonds. The summed E-state index contributed by atoms with van der Waals surface area (Å²) in [6.45, 7) is 0. The Labute approximate surface area is 58.5 Å². The van der Waals surface area contributed by atoms with Crippen molar-refractivity contribution in [3.8, 4) is 0 Å². The van der Waals surface area contributed by atoms with Crippen LogP contribution >= 0.6 is 11.9 Å². The normalized spacial score (nSPS) is 24.0. The van der Waals surface area contributed by atoms with Crippen molar-refractivity contribution in [1.82, 2.24) is 10.3 Å². The summed E-state index contributed by atoms with van der Waals surface area (Å²) in [5.41, 5.74) is 4.27. The lowest BCUT2D eigenvalue weighted by atomic mass is 10.1. The molecule has 2 aliphatic rings. The molecule has 0 aromatic heterocycles. The molecule has 0 bridgehead atoms. The summed E-state index contributed by atoms with van der Waals surface area (Å²) in [6, 6.07) is 0. The highest BCUT2D eigenvalue weighted by atomic mass is 32.2. The molecule has 9 heavy (non-hydrogen) atoms. The van der Waals surface area contributed by atoms with Crippen LogP contribution in [0.3, 0.4) is 0 Å². The Kier molecular flexibility index (Phi) is 1.24. The molecule has 1 aliphatic heterocycles. The first-order valence-electron chi connectivity index (χ1n) is 2.99. The molecule has 1 N–H and O–H groups in total. The maximum absolute atomic E-state index is 3.97. The maximum atomic E-state index is 3.97. The van der Waals surface area contributed by atoms with Gasteiger partial charge in [-0.2, -0.15) is 0 Å². The van der Waals surface area contributed by atoms with Gasteiger partial charge in [-0.25, -0.2) is 0 Å². The predicted octanol–water partition coefficient (Wildman–Crippen LogP) is 1.32. The lowest BCUT2D eigenvalue weighted by molar-refractivity contribution is 0.751. The molecule has 1 radical (unpaired) electrons. The minimum absolute atomic E-state index is 1.13. The van der Waals surface area contributed by atoms with Gasteiger partial charge in [-0.1, -0.05) is 10.9 Å². The van der Waals surface area contributed by atoms with Gasteiger partial charge in [0.25, 0.3) is 0 Å². The van der Waals surface area contributed by atoms with Crippen molar-refractivity contribution in [1.29, 1.82) is 0 Å². The fourth-order valence-electron chi connectivity index (χ4n) is 0.965. The van der Waals surface area contributed by atoms with Gasteiger partial charge in [-0.05, 0) is 18.9 Å². The summed E-state index contributed by atoms with van der Waals surface area (Å²) in [4.78, 5) is 5.26. The van der Waals surface area contributed by atoms with Gasteiger partial charge in [-0.15, -0.1) is 0 Å². The molecule has 1 aliphatic carbocycles. The van der Waals surface area contributed by atoms with Crippen LogP contribution in [0.15, 0.2) is 22.8 Å². The Bertz CT molecular complexity index is 183. The van der Waals surface area contributed by atoms with Crippen molar-refractivity contribution in [3.63, 3.8) is 0 Å². The second kappa shape index (κ2) is 2.08. The molecule has 0 aromatic carbocycles. The number of allylic oxidation sites excluding steroid dienone is 3. The monoisotopic (exact) mass is 139 g/mol. The molecule has 47 valence electrons. The van der Waals surface area contributed by atoms with E-state index in [9.17, 15) is 0 Å². The Hall–Kier alpha value is -0.410. The second-order valence-electron chi connectivity index (χ2n) is 2.08. The van der Waals surface area contributed by atoms with Crippen LogP contribution in [0.1, 0.15) is 12.8 Å². The van der Waals surface area contributed by atoms with Crippen LogP contribution < -0.4 is 10.3 Å². The highest BCUT2D eigenvalue weighted by Gasteiger charge is 2.14. The summed E-state index contributed by atoms with van der Waals surface area (Å²) in [6.07, 6.45) is 6.60. The van der Waals surface area contributed by atoms with Gasteiger partial charge < -0.3 is 0 Å². The van der Waals surface area contributed by atoms with E-state index in [-0.39, 0.29) is 0 Å². The summed E-state index contributed by atoms with van der Waals surface area (Å²) < 4.78 is 0. The van der Waals surface area contributed by atoms with E-state index in [0.29, 0.717) is 0 Å². The van der Waals surface area contributed by atoms with E-state index < -0.39 is 0 Å². The Balaban J connectivity index is 2.28. The third-order valence-corrected chi connectivity index (χ3v) is 2.21. The minimum atomic E-state index is 1.13. The zero-order valence-corrected chi connectivity index (χ0v) is 5.74. The van der Waals surface area contributed by atoms with E-state index in [1.807, 2.05) is 0 Å². The Morgan fingerprint density at radius 3 is 3.56 bits per heavy atom. The lowest BCUT2D eigenvalue weighted by Gasteiger charge is -2.03. The standard InChI is InChI=1S/C6H7N2S/c1-2-4-6-5(3-1)7-8-9-6/h2,4,7H,1,3H2. The molecule has 0 saturated heterocycles. The summed E-state index contributed by atoms with van der Waals surface area (Å²) >= 11 is 1.53. The molecule has 0 aromatic rings. The van der Waals surface area contributed by atoms with E-state index in [1.54, 1.807) is 0 Å². The van der Waals surface area contributed by atoms with Gasteiger partial charge in [-0.3, -0.25) is 5.43 Å². The quantitative estimate of drug-likeness (QED) is 0.512. The molecule has 2 nitrogen and oxygen atoms in total. The first-order chi connectivity index (χ1) is 4.47. The van der Waals surface area contributed by atoms with Crippen molar-refractivity contribution in [2.24, 2.45) is 0 Å². The van der Waals surface area contributed by atoms with Gasteiger partial charge in [0.2, 0.25) is 0 Å². The van der Waals surface area contributed by atoms with Crippen molar-refractivity contribution in [2.45, 2.75) is 12.8 Å². The van der Waals surface area contributed by atoms with E-state index in [0.717, 1.165) is 12.8 Å². The maximum Gasteiger partial charge on any atom is 0.0464 e. The molecule has 3 heteroatoms. The zero-order valence-electron chi connectivity index (χ0n) is 4.92. The van der Waals surface area contributed by atoms with E-state index in [4.69, 9.17) is 0 Å². The van der Waals surface area contributed by atoms with Gasteiger partial charge in [0.15, 0.2) is 0 Å². The topological polar surface area (TPSA) is 26.1 Å². The molecule has 0 saturated carbocycles. The molecular weight excluding hydrogens is 132 g/mol. The van der Waals surface area contributed by atoms with Crippen molar-refractivity contribution >= 4 is 11.9 Å². The average Bonchev–Trinajstić information content (AvgIpc) is 2.33. The Morgan fingerprint density at radius 2 is 2.67 bits per heavy atom. The summed E-state index contributed by atoms with van der Waals surface area (Å²) in [5.74, 6) is 0. The largest absolute Gasteiger partial charge is 0.296 e. The van der Waals surface area contributed by atoms with Crippen molar-refractivity contribution < 1.29 is 0 Å². The van der Waals surface area contributed by atoms with Crippen LogP contribution in [0.2, 0.25) is 0 Å². The second-order valence-corrected chi connectivity index (χ2v) is 2.88. The highest BCUT2D eigenvalue weighted by molar-refractivity contribution is 8.01.